The summed E-state index contributed by atoms with van der Waals surface area (Å²) in [5.74, 6) is 0.338. The Kier molecular flexibility index (Phi) is 4.53. The molecule has 2 aromatic carbocycles. The summed E-state index contributed by atoms with van der Waals surface area (Å²) in [6, 6.07) is 14.8. The maximum atomic E-state index is 14.1. The molecule has 0 saturated heterocycles. The first-order valence-corrected chi connectivity index (χ1v) is 6.30. The van der Waals surface area contributed by atoms with E-state index in [4.69, 9.17) is 4.74 Å². The number of halogens is 1. The second-order valence-corrected chi connectivity index (χ2v) is 4.39. The topological polar surface area (TPSA) is 21.3 Å². The van der Waals surface area contributed by atoms with Gasteiger partial charge < -0.3 is 10.1 Å². The number of ether oxygens (including phenoxy) is 1. The van der Waals surface area contributed by atoms with Gasteiger partial charge in [-0.2, -0.15) is 0 Å². The predicted molar refractivity (Wildman–Crippen MR) is 74.9 cm³/mol. The van der Waals surface area contributed by atoms with E-state index < -0.39 is 0 Å². The summed E-state index contributed by atoms with van der Waals surface area (Å²) in [4.78, 5) is 0. The summed E-state index contributed by atoms with van der Waals surface area (Å²) in [6.45, 7) is 0. The molecule has 0 heterocycles. The van der Waals surface area contributed by atoms with Gasteiger partial charge >= 0.3 is 0 Å². The van der Waals surface area contributed by atoms with Gasteiger partial charge in [0.25, 0.3) is 0 Å². The average molecular weight is 259 g/mol. The number of hydrogen-bond acceptors (Lipinski definition) is 2. The number of benzene rings is 2. The highest BCUT2D eigenvalue weighted by atomic mass is 19.1. The van der Waals surface area contributed by atoms with Gasteiger partial charge in [0.1, 0.15) is 11.6 Å². The van der Waals surface area contributed by atoms with E-state index in [9.17, 15) is 4.39 Å². The number of likely N-dealkylation sites (N-methyl/N-ethyl adjacent to an activating group) is 1. The van der Waals surface area contributed by atoms with Gasteiger partial charge in [-0.3, -0.25) is 0 Å². The van der Waals surface area contributed by atoms with Crippen LogP contribution in [0.15, 0.2) is 48.5 Å². The van der Waals surface area contributed by atoms with Gasteiger partial charge in [0.15, 0.2) is 0 Å². The van der Waals surface area contributed by atoms with Gasteiger partial charge in [0, 0.05) is 11.6 Å². The van der Waals surface area contributed by atoms with Crippen molar-refractivity contribution in [3.05, 3.63) is 65.5 Å². The van der Waals surface area contributed by atoms with Crippen molar-refractivity contribution in [2.45, 2.75) is 12.5 Å². The first-order valence-electron chi connectivity index (χ1n) is 6.30. The molecule has 0 bridgehead atoms. The average Bonchev–Trinajstić information content (AvgIpc) is 2.46. The first-order chi connectivity index (χ1) is 9.26. The second-order valence-electron chi connectivity index (χ2n) is 4.39. The lowest BCUT2D eigenvalue weighted by molar-refractivity contribution is 0.393. The maximum Gasteiger partial charge on any atom is 0.131 e. The Hall–Kier alpha value is -1.87. The van der Waals surface area contributed by atoms with E-state index >= 15 is 0 Å². The maximum absolute atomic E-state index is 14.1. The van der Waals surface area contributed by atoms with Crippen LogP contribution in [0.4, 0.5) is 4.39 Å². The molecular formula is C16H18FNO. The molecule has 3 heteroatoms. The van der Waals surface area contributed by atoms with Crippen molar-refractivity contribution in [1.29, 1.82) is 0 Å². The molecule has 0 aliphatic rings. The van der Waals surface area contributed by atoms with Crippen molar-refractivity contribution in [3.8, 4) is 5.75 Å². The van der Waals surface area contributed by atoms with Crippen LogP contribution < -0.4 is 10.1 Å². The summed E-state index contributed by atoms with van der Waals surface area (Å²) in [6.07, 6.45) is 0.717. The summed E-state index contributed by atoms with van der Waals surface area (Å²) >= 11 is 0. The Morgan fingerprint density at radius 3 is 2.47 bits per heavy atom. The minimum absolute atomic E-state index is 0.112. The van der Waals surface area contributed by atoms with E-state index in [1.165, 1.54) is 6.07 Å². The fourth-order valence-electron chi connectivity index (χ4n) is 2.23. The molecule has 0 aliphatic heterocycles. The van der Waals surface area contributed by atoms with Gasteiger partial charge in [0.05, 0.1) is 7.11 Å². The van der Waals surface area contributed by atoms with Crippen LogP contribution in [0.5, 0.6) is 5.75 Å². The van der Waals surface area contributed by atoms with Gasteiger partial charge in [0.2, 0.25) is 0 Å². The molecule has 0 aromatic heterocycles. The molecule has 1 N–H and O–H groups in total. The summed E-state index contributed by atoms with van der Waals surface area (Å²) in [5.41, 5.74) is 1.74. The molecule has 2 nitrogen and oxygen atoms in total. The fraction of sp³-hybridized carbons (Fsp3) is 0.250. The third-order valence-corrected chi connectivity index (χ3v) is 3.21. The molecule has 0 saturated carbocycles. The lowest BCUT2D eigenvalue weighted by Crippen LogP contribution is -2.21. The third kappa shape index (κ3) is 3.12. The molecule has 0 aliphatic carbocycles. The molecule has 1 atom stereocenters. The molecule has 100 valence electrons. The molecule has 2 rings (SSSR count). The predicted octanol–water partition coefficient (Wildman–Crippen LogP) is 3.34. The van der Waals surface area contributed by atoms with Crippen LogP contribution in [0.1, 0.15) is 17.2 Å². The summed E-state index contributed by atoms with van der Waals surface area (Å²) in [5, 5.41) is 3.16. The summed E-state index contributed by atoms with van der Waals surface area (Å²) < 4.78 is 19.3. The van der Waals surface area contributed by atoms with Gasteiger partial charge in [-0.25, -0.2) is 4.39 Å². The van der Waals surface area contributed by atoms with Crippen molar-refractivity contribution in [2.75, 3.05) is 14.2 Å². The fourth-order valence-corrected chi connectivity index (χ4v) is 2.23. The van der Waals surface area contributed by atoms with Crippen molar-refractivity contribution in [3.63, 3.8) is 0 Å². The van der Waals surface area contributed by atoms with Crippen molar-refractivity contribution >= 4 is 0 Å². The standard InChI is InChI=1S/C16H18FNO/c1-18-14(11-12-7-4-3-5-8-12)16-13(17)9-6-10-15(16)19-2/h3-10,14,18H,11H2,1-2H3. The van der Waals surface area contributed by atoms with E-state index in [0.717, 1.165) is 5.56 Å². The number of methoxy groups -OCH3 is 1. The quantitative estimate of drug-likeness (QED) is 0.889. The smallest absolute Gasteiger partial charge is 0.131 e. The van der Waals surface area contributed by atoms with Crippen LogP contribution in [-0.4, -0.2) is 14.2 Å². The molecule has 0 spiro atoms. The zero-order valence-corrected chi connectivity index (χ0v) is 11.2. The van der Waals surface area contributed by atoms with Crippen LogP contribution >= 0.6 is 0 Å². The molecule has 2 aromatic rings. The lowest BCUT2D eigenvalue weighted by Gasteiger charge is -2.20. The van der Waals surface area contributed by atoms with Crippen molar-refractivity contribution in [1.82, 2.24) is 5.32 Å². The highest BCUT2D eigenvalue weighted by Crippen LogP contribution is 2.29. The lowest BCUT2D eigenvalue weighted by atomic mass is 9.97. The van der Waals surface area contributed by atoms with Crippen molar-refractivity contribution in [2.24, 2.45) is 0 Å². The van der Waals surface area contributed by atoms with E-state index in [0.29, 0.717) is 17.7 Å². The minimum atomic E-state index is -0.241. The third-order valence-electron chi connectivity index (χ3n) is 3.21. The normalized spacial score (nSPS) is 12.2. The molecule has 0 amide bonds. The largest absolute Gasteiger partial charge is 0.496 e. The zero-order chi connectivity index (χ0) is 13.7. The molecule has 0 fully saturated rings. The van der Waals surface area contributed by atoms with E-state index in [2.05, 4.69) is 5.32 Å². The van der Waals surface area contributed by atoms with Crippen LogP contribution in [0.3, 0.4) is 0 Å². The Balaban J connectivity index is 2.32. The van der Waals surface area contributed by atoms with Crippen LogP contribution in [0.2, 0.25) is 0 Å². The van der Waals surface area contributed by atoms with Crippen LogP contribution in [0.25, 0.3) is 0 Å². The molecule has 0 radical (unpaired) electrons. The van der Waals surface area contributed by atoms with Crippen LogP contribution in [0, 0.1) is 5.82 Å². The van der Waals surface area contributed by atoms with E-state index in [1.807, 2.05) is 37.4 Å². The first kappa shape index (κ1) is 13.6. The Morgan fingerprint density at radius 1 is 1.11 bits per heavy atom. The van der Waals surface area contributed by atoms with E-state index in [1.54, 1.807) is 19.2 Å². The monoisotopic (exact) mass is 259 g/mol. The van der Waals surface area contributed by atoms with Gasteiger partial charge in [-0.15, -0.1) is 0 Å². The Morgan fingerprint density at radius 2 is 1.84 bits per heavy atom. The second kappa shape index (κ2) is 6.34. The highest BCUT2D eigenvalue weighted by Gasteiger charge is 2.19. The highest BCUT2D eigenvalue weighted by molar-refractivity contribution is 5.38. The Bertz CT molecular complexity index is 528. The minimum Gasteiger partial charge on any atom is -0.496 e. The molecule has 1 unspecified atom stereocenters. The van der Waals surface area contributed by atoms with Crippen LogP contribution in [-0.2, 0) is 6.42 Å². The number of nitrogens with one attached hydrogen (secondary N) is 1. The van der Waals surface area contributed by atoms with Crippen molar-refractivity contribution < 1.29 is 9.13 Å². The van der Waals surface area contributed by atoms with Gasteiger partial charge in [-0.1, -0.05) is 36.4 Å². The SMILES string of the molecule is CNC(Cc1ccccc1)c1c(F)cccc1OC. The molecule has 19 heavy (non-hydrogen) atoms. The number of rotatable bonds is 5. The Labute approximate surface area is 113 Å². The van der Waals surface area contributed by atoms with E-state index in [-0.39, 0.29) is 11.9 Å². The molecular weight excluding hydrogens is 241 g/mol. The zero-order valence-electron chi connectivity index (χ0n) is 11.2. The number of hydrogen-bond donors (Lipinski definition) is 1. The van der Waals surface area contributed by atoms with Gasteiger partial charge in [-0.05, 0) is 31.2 Å². The summed E-state index contributed by atoms with van der Waals surface area (Å²) in [7, 11) is 3.40.